The summed E-state index contributed by atoms with van der Waals surface area (Å²) in [5, 5.41) is 0. The molecule has 0 spiro atoms. The lowest BCUT2D eigenvalue weighted by Crippen LogP contribution is -2.55. The van der Waals surface area contributed by atoms with Crippen LogP contribution in [0.2, 0.25) is 58.9 Å². The van der Waals surface area contributed by atoms with E-state index < -0.39 is 30.9 Å². The number of hydrogen-bond donors (Lipinski definition) is 0. The van der Waals surface area contributed by atoms with Gasteiger partial charge in [0.15, 0.2) is 25.0 Å². The zero-order valence-electron chi connectivity index (χ0n) is 18.1. The van der Waals surface area contributed by atoms with Crippen molar-refractivity contribution in [1.29, 1.82) is 0 Å². The van der Waals surface area contributed by atoms with Crippen molar-refractivity contribution in [3.8, 4) is 0 Å². The van der Waals surface area contributed by atoms with Crippen molar-refractivity contribution in [1.82, 2.24) is 0 Å². The van der Waals surface area contributed by atoms with E-state index in [0.717, 1.165) is 19.3 Å². The second kappa shape index (κ2) is 10.7. The van der Waals surface area contributed by atoms with Crippen LogP contribution in [-0.2, 0) is 13.3 Å². The Morgan fingerprint density at radius 2 is 1.08 bits per heavy atom. The van der Waals surface area contributed by atoms with Crippen LogP contribution < -0.4 is 0 Å². The molecule has 3 nitrogen and oxygen atoms in total. The van der Waals surface area contributed by atoms with E-state index in [1.807, 2.05) is 5.70 Å². The Morgan fingerprint density at radius 3 is 1.44 bits per heavy atom. The van der Waals surface area contributed by atoms with Crippen LogP contribution in [0.15, 0.2) is 11.8 Å². The van der Waals surface area contributed by atoms with Crippen LogP contribution in [0.4, 0.5) is 0 Å². The molecule has 0 aromatic carbocycles. The van der Waals surface area contributed by atoms with Gasteiger partial charge in [-0.2, -0.15) is 0 Å². The summed E-state index contributed by atoms with van der Waals surface area (Å²) in [4.78, 5) is 0. The average molecular weight is 418 g/mol. The van der Waals surface area contributed by atoms with Crippen molar-refractivity contribution in [2.45, 2.75) is 103 Å². The minimum absolute atomic E-state index is 0.833. The lowest BCUT2D eigenvalue weighted by atomic mass is 10.1. The molecule has 0 heterocycles. The Kier molecular flexibility index (Phi) is 10.9. The van der Waals surface area contributed by atoms with Gasteiger partial charge >= 0.3 is 0 Å². The van der Waals surface area contributed by atoms with Gasteiger partial charge in [0.1, 0.15) is 0 Å². The first kappa shape index (κ1) is 25.5. The highest BCUT2D eigenvalue weighted by Gasteiger charge is 2.44. The third-order valence-electron chi connectivity index (χ3n) is 3.11. The zero-order valence-corrected chi connectivity index (χ0v) is 22.1. The summed E-state index contributed by atoms with van der Waals surface area (Å²) in [5.41, 5.74) is 1.94. The van der Waals surface area contributed by atoms with Crippen LogP contribution >= 0.6 is 0 Å². The maximum Gasteiger partial charge on any atom is 0.254 e. The molecule has 25 heavy (non-hydrogen) atoms. The number of hydrogen-bond acceptors (Lipinski definition) is 3. The monoisotopic (exact) mass is 417 g/mol. The molecule has 0 atom stereocenters. The first-order valence-electron chi connectivity index (χ1n) is 9.61. The predicted octanol–water partition coefficient (Wildman–Crippen LogP) is 6.22. The molecule has 0 saturated heterocycles. The van der Waals surface area contributed by atoms with E-state index in [4.69, 9.17) is 13.3 Å². The molecule has 0 bridgehead atoms. The van der Waals surface area contributed by atoms with Crippen LogP contribution in [-0.4, -0.2) is 41.2 Å². The quantitative estimate of drug-likeness (QED) is 0.202. The molecular formula is C18H41O3Si4. The van der Waals surface area contributed by atoms with E-state index in [0.29, 0.717) is 0 Å². The summed E-state index contributed by atoms with van der Waals surface area (Å²) in [6.45, 7) is 20.0. The van der Waals surface area contributed by atoms with Crippen molar-refractivity contribution in [3.05, 3.63) is 11.8 Å². The van der Waals surface area contributed by atoms with Gasteiger partial charge in [-0.25, -0.2) is 0 Å². The third kappa shape index (κ3) is 15.3. The van der Waals surface area contributed by atoms with Crippen LogP contribution in [0.25, 0.3) is 0 Å². The van der Waals surface area contributed by atoms with Gasteiger partial charge < -0.3 is 13.3 Å². The summed E-state index contributed by atoms with van der Waals surface area (Å²) < 4.78 is 19.7. The Balaban J connectivity index is 5.05. The first-order chi connectivity index (χ1) is 11.2. The summed E-state index contributed by atoms with van der Waals surface area (Å²) in [6, 6.07) is 0. The zero-order chi connectivity index (χ0) is 19.8. The Morgan fingerprint density at radius 1 is 0.680 bits per heavy atom. The fourth-order valence-corrected chi connectivity index (χ4v) is 6.43. The Hall–Kier alpha value is 0.488. The summed E-state index contributed by atoms with van der Waals surface area (Å²) in [7, 11) is -2.03. The molecule has 0 aliphatic rings. The SMILES string of the molecule is C[Si](C)(C)OC(CCCCCCC=C[Si])(O[Si](C)(C)C)O[Si](C)(C)C. The van der Waals surface area contributed by atoms with Gasteiger partial charge in [0.05, 0.1) is 10.2 Å². The van der Waals surface area contributed by atoms with Gasteiger partial charge in [-0.05, 0) is 78.2 Å². The van der Waals surface area contributed by atoms with Crippen molar-refractivity contribution in [2.24, 2.45) is 0 Å². The van der Waals surface area contributed by atoms with Crippen LogP contribution in [0.1, 0.15) is 38.5 Å². The first-order valence-corrected chi connectivity index (χ1v) is 20.4. The van der Waals surface area contributed by atoms with Crippen LogP contribution in [0, 0.1) is 0 Å². The minimum atomic E-state index is -1.80. The molecule has 3 radical (unpaired) electrons. The standard InChI is InChI=1S/C18H41O3Si4/c1-23(2,3)19-18(20-24(4,5)6,21-25(7,8)9)16-14-12-10-11-13-15-17-22/h15,17H,10-14,16H2,1-9H3. The van der Waals surface area contributed by atoms with E-state index in [1.54, 1.807) is 0 Å². The maximum absolute atomic E-state index is 6.57. The number of unbranched alkanes of at least 4 members (excludes halogenated alkanes) is 4. The summed E-state index contributed by atoms with van der Waals surface area (Å²) in [6.07, 6.45) is 8.87. The van der Waals surface area contributed by atoms with Gasteiger partial charge in [0, 0.05) is 6.42 Å². The normalized spacial score (nSPS) is 14.5. The minimum Gasteiger partial charge on any atom is -0.371 e. The van der Waals surface area contributed by atoms with E-state index in [2.05, 4.69) is 75.2 Å². The second-order valence-corrected chi connectivity index (χ2v) is 23.3. The van der Waals surface area contributed by atoms with Crippen molar-refractivity contribution < 1.29 is 13.3 Å². The van der Waals surface area contributed by atoms with Gasteiger partial charge in [-0.1, -0.05) is 18.9 Å². The topological polar surface area (TPSA) is 27.7 Å². The van der Waals surface area contributed by atoms with Gasteiger partial charge in [0.2, 0.25) is 0 Å². The second-order valence-electron chi connectivity index (χ2n) is 9.68. The Labute approximate surface area is 163 Å². The van der Waals surface area contributed by atoms with Crippen LogP contribution in [0.3, 0.4) is 0 Å². The molecule has 0 saturated carbocycles. The maximum atomic E-state index is 6.57. The summed E-state index contributed by atoms with van der Waals surface area (Å²) >= 11 is 0. The molecule has 0 aromatic heterocycles. The van der Waals surface area contributed by atoms with Gasteiger partial charge in [-0.3, -0.25) is 0 Å². The smallest absolute Gasteiger partial charge is 0.254 e. The highest BCUT2D eigenvalue weighted by atomic mass is 28.4. The lowest BCUT2D eigenvalue weighted by molar-refractivity contribution is -0.274. The average Bonchev–Trinajstić information content (AvgIpc) is 2.31. The molecule has 147 valence electrons. The van der Waals surface area contributed by atoms with Gasteiger partial charge in [-0.15, -0.1) is 5.70 Å². The molecule has 0 aliphatic carbocycles. The lowest BCUT2D eigenvalue weighted by Gasteiger charge is -2.45. The molecule has 0 fully saturated rings. The molecular weight excluding hydrogens is 377 g/mol. The molecule has 0 unspecified atom stereocenters. The fraction of sp³-hybridized carbons (Fsp3) is 0.889. The molecule has 0 aliphatic heterocycles. The van der Waals surface area contributed by atoms with Crippen molar-refractivity contribution >= 4 is 35.2 Å². The van der Waals surface area contributed by atoms with E-state index in [9.17, 15) is 0 Å². The van der Waals surface area contributed by atoms with Crippen molar-refractivity contribution in [2.75, 3.05) is 0 Å². The molecule has 0 aromatic rings. The van der Waals surface area contributed by atoms with E-state index >= 15 is 0 Å². The fourth-order valence-electron chi connectivity index (χ4n) is 2.66. The van der Waals surface area contributed by atoms with Gasteiger partial charge in [0.25, 0.3) is 5.97 Å². The molecule has 0 rings (SSSR count). The molecule has 0 amide bonds. The molecule has 7 heteroatoms. The van der Waals surface area contributed by atoms with Crippen molar-refractivity contribution in [3.63, 3.8) is 0 Å². The summed E-state index contributed by atoms with van der Waals surface area (Å²) in [5.74, 6) is -0.838. The Bertz CT molecular complexity index is 352. The third-order valence-corrected chi connectivity index (χ3v) is 6.11. The molecule has 0 N–H and O–H groups in total. The van der Waals surface area contributed by atoms with Crippen LogP contribution in [0.5, 0.6) is 0 Å². The van der Waals surface area contributed by atoms with E-state index in [-0.39, 0.29) is 0 Å². The predicted molar refractivity (Wildman–Crippen MR) is 119 cm³/mol. The van der Waals surface area contributed by atoms with E-state index in [1.165, 1.54) is 19.3 Å². The largest absolute Gasteiger partial charge is 0.371 e. The highest BCUT2D eigenvalue weighted by Crippen LogP contribution is 2.33. The number of allylic oxidation sites excluding steroid dienone is 1. The number of rotatable bonds is 13. The highest BCUT2D eigenvalue weighted by molar-refractivity contribution is 6.72.